The molecule has 1 atom stereocenters. The van der Waals surface area contributed by atoms with Crippen LogP contribution in [0.25, 0.3) is 6.08 Å². The molecule has 0 fully saturated rings. The zero-order chi connectivity index (χ0) is 15.3. The van der Waals surface area contributed by atoms with Crippen molar-refractivity contribution in [3.63, 3.8) is 0 Å². The lowest BCUT2D eigenvalue weighted by Crippen LogP contribution is -2.23. The number of aliphatic carboxylic acids is 1. The predicted octanol–water partition coefficient (Wildman–Crippen LogP) is 1.58. The number of hydrogen-bond donors (Lipinski definition) is 2. The van der Waals surface area contributed by atoms with Gasteiger partial charge in [0.25, 0.3) is 0 Å². The smallest absolute Gasteiger partial charge is 0.328 e. The van der Waals surface area contributed by atoms with Crippen molar-refractivity contribution in [2.75, 3.05) is 4.72 Å². The van der Waals surface area contributed by atoms with Crippen molar-refractivity contribution >= 4 is 27.8 Å². The third-order valence-electron chi connectivity index (χ3n) is 2.31. The van der Waals surface area contributed by atoms with Gasteiger partial charge in [0.05, 0.1) is 11.8 Å². The van der Waals surface area contributed by atoms with Gasteiger partial charge >= 0.3 is 5.97 Å². The fourth-order valence-electron chi connectivity index (χ4n) is 1.21. The van der Waals surface area contributed by atoms with E-state index in [0.717, 1.165) is 18.2 Å². The number of anilines is 1. The van der Waals surface area contributed by atoms with E-state index in [0.29, 0.717) is 0 Å². The molecule has 1 unspecified atom stereocenters. The molecule has 1 rings (SSSR count). The Kier molecular flexibility index (Phi) is 4.83. The van der Waals surface area contributed by atoms with Crippen LogP contribution in [0.4, 0.5) is 10.1 Å². The van der Waals surface area contributed by atoms with Crippen LogP contribution in [0.15, 0.2) is 24.3 Å². The number of benzene rings is 1. The number of carbonyl (C=O) groups is 1. The van der Waals surface area contributed by atoms with Gasteiger partial charge in [0.2, 0.25) is 10.0 Å². The highest BCUT2D eigenvalue weighted by Gasteiger charge is 2.20. The van der Waals surface area contributed by atoms with Crippen LogP contribution in [0, 0.1) is 17.1 Å². The summed E-state index contributed by atoms with van der Waals surface area (Å²) in [5.41, 5.74) is -0.0410. The topological polar surface area (TPSA) is 107 Å². The van der Waals surface area contributed by atoms with Crippen molar-refractivity contribution in [1.29, 1.82) is 5.26 Å². The van der Waals surface area contributed by atoms with Crippen molar-refractivity contribution < 1.29 is 22.7 Å². The average Bonchev–Trinajstić information content (AvgIpc) is 2.36. The maximum atomic E-state index is 13.6. The second kappa shape index (κ2) is 6.16. The highest BCUT2D eigenvalue weighted by molar-refractivity contribution is 7.93. The Labute approximate surface area is 115 Å². The van der Waals surface area contributed by atoms with Gasteiger partial charge in [-0.15, -0.1) is 0 Å². The normalized spacial score (nSPS) is 12.8. The van der Waals surface area contributed by atoms with Crippen molar-refractivity contribution in [2.24, 2.45) is 0 Å². The molecule has 2 N–H and O–H groups in total. The molecule has 0 spiro atoms. The molecule has 0 saturated heterocycles. The first-order valence-corrected chi connectivity index (χ1v) is 6.92. The van der Waals surface area contributed by atoms with Crippen LogP contribution in [-0.2, 0) is 14.8 Å². The minimum absolute atomic E-state index is 0.00341. The molecule has 106 valence electrons. The van der Waals surface area contributed by atoms with E-state index >= 15 is 0 Å². The number of rotatable bonds is 5. The van der Waals surface area contributed by atoms with Gasteiger partial charge in [-0.3, -0.25) is 4.72 Å². The van der Waals surface area contributed by atoms with Crippen LogP contribution in [0.1, 0.15) is 12.5 Å². The van der Waals surface area contributed by atoms with Crippen molar-refractivity contribution in [3.8, 4) is 6.07 Å². The molecule has 6 nitrogen and oxygen atoms in total. The summed E-state index contributed by atoms with van der Waals surface area (Å²) in [6.45, 7) is 1.20. The van der Waals surface area contributed by atoms with Gasteiger partial charge in [0.1, 0.15) is 5.82 Å². The van der Waals surface area contributed by atoms with E-state index in [2.05, 4.69) is 4.72 Å². The summed E-state index contributed by atoms with van der Waals surface area (Å²) in [5, 5.41) is 15.7. The highest BCUT2D eigenvalue weighted by Crippen LogP contribution is 2.18. The van der Waals surface area contributed by atoms with Crippen LogP contribution < -0.4 is 4.72 Å². The number of nitrogens with zero attached hydrogens (tertiary/aromatic N) is 1. The van der Waals surface area contributed by atoms with E-state index in [1.165, 1.54) is 19.1 Å². The standard InChI is InChI=1S/C12H11FN2O4S/c1-8(7-14)20(18,19)15-10-4-2-9(11(13)6-10)3-5-12(16)17/h2-6,8,15H,1H3,(H,16,17). The summed E-state index contributed by atoms with van der Waals surface area (Å²) in [4.78, 5) is 10.3. The summed E-state index contributed by atoms with van der Waals surface area (Å²) in [6.07, 6.45) is 1.81. The monoisotopic (exact) mass is 298 g/mol. The lowest BCUT2D eigenvalue weighted by atomic mass is 10.2. The molecule has 0 amide bonds. The molecule has 1 aromatic carbocycles. The summed E-state index contributed by atoms with van der Waals surface area (Å²) in [6, 6.07) is 4.97. The van der Waals surface area contributed by atoms with Crippen molar-refractivity contribution in [3.05, 3.63) is 35.7 Å². The van der Waals surface area contributed by atoms with Gasteiger partial charge < -0.3 is 5.11 Å². The molecule has 0 aliphatic carbocycles. The number of carboxylic acid groups (broad SMARTS) is 1. The minimum atomic E-state index is -3.91. The largest absolute Gasteiger partial charge is 0.478 e. The number of hydrogen-bond acceptors (Lipinski definition) is 4. The van der Waals surface area contributed by atoms with E-state index in [-0.39, 0.29) is 11.3 Å². The molecule has 8 heteroatoms. The Morgan fingerprint density at radius 2 is 2.20 bits per heavy atom. The van der Waals surface area contributed by atoms with Gasteiger partial charge in [-0.2, -0.15) is 5.26 Å². The Balaban J connectivity index is 3.00. The fourth-order valence-corrected chi connectivity index (χ4v) is 1.98. The predicted molar refractivity (Wildman–Crippen MR) is 70.7 cm³/mol. The van der Waals surface area contributed by atoms with E-state index < -0.39 is 27.1 Å². The van der Waals surface area contributed by atoms with Crippen LogP contribution >= 0.6 is 0 Å². The zero-order valence-electron chi connectivity index (χ0n) is 10.4. The average molecular weight is 298 g/mol. The Hall–Kier alpha value is -2.40. The second-order valence-corrected chi connectivity index (χ2v) is 5.83. The number of halogens is 1. The first-order chi connectivity index (χ1) is 9.26. The SMILES string of the molecule is CC(C#N)S(=O)(=O)Nc1ccc(C=CC(=O)O)c(F)c1. The van der Waals surface area contributed by atoms with Gasteiger partial charge in [0, 0.05) is 11.6 Å². The van der Waals surface area contributed by atoms with E-state index in [9.17, 15) is 17.6 Å². The summed E-state index contributed by atoms with van der Waals surface area (Å²) in [5.74, 6) is -2.01. The molecule has 0 aliphatic heterocycles. The summed E-state index contributed by atoms with van der Waals surface area (Å²) in [7, 11) is -3.91. The van der Waals surface area contributed by atoms with Crippen LogP contribution in [0.2, 0.25) is 0 Å². The molecule has 0 saturated carbocycles. The highest BCUT2D eigenvalue weighted by atomic mass is 32.2. The fraction of sp³-hybridized carbons (Fsp3) is 0.167. The van der Waals surface area contributed by atoms with Gasteiger partial charge in [-0.1, -0.05) is 0 Å². The molecule has 0 aromatic heterocycles. The maximum Gasteiger partial charge on any atom is 0.328 e. The molecule has 0 radical (unpaired) electrons. The molecule has 0 bridgehead atoms. The van der Waals surface area contributed by atoms with Gasteiger partial charge in [0.15, 0.2) is 5.25 Å². The van der Waals surface area contributed by atoms with Crippen LogP contribution in [0.5, 0.6) is 0 Å². The number of carboxylic acids is 1. The molecular weight excluding hydrogens is 287 g/mol. The zero-order valence-corrected chi connectivity index (χ0v) is 11.2. The van der Waals surface area contributed by atoms with E-state index in [1.807, 2.05) is 0 Å². The third-order valence-corrected chi connectivity index (χ3v) is 3.87. The number of nitrogens with one attached hydrogen (secondary N) is 1. The first kappa shape index (κ1) is 15.7. The molecule has 0 heterocycles. The lowest BCUT2D eigenvalue weighted by molar-refractivity contribution is -0.131. The molecule has 1 aromatic rings. The third kappa shape index (κ3) is 4.07. The van der Waals surface area contributed by atoms with Gasteiger partial charge in [-0.25, -0.2) is 17.6 Å². The Morgan fingerprint density at radius 1 is 1.55 bits per heavy atom. The van der Waals surface area contributed by atoms with Crippen LogP contribution in [-0.4, -0.2) is 24.7 Å². The second-order valence-electron chi connectivity index (χ2n) is 3.83. The van der Waals surface area contributed by atoms with E-state index in [4.69, 9.17) is 10.4 Å². The number of nitriles is 1. The molecule has 20 heavy (non-hydrogen) atoms. The minimum Gasteiger partial charge on any atom is -0.478 e. The van der Waals surface area contributed by atoms with Crippen molar-refractivity contribution in [2.45, 2.75) is 12.2 Å². The lowest BCUT2D eigenvalue weighted by Gasteiger charge is -2.09. The quantitative estimate of drug-likeness (QED) is 0.802. The molecule has 0 aliphatic rings. The Bertz CT molecular complexity index is 692. The summed E-state index contributed by atoms with van der Waals surface area (Å²) < 4.78 is 38.9. The van der Waals surface area contributed by atoms with Gasteiger partial charge in [-0.05, 0) is 31.2 Å². The molecular formula is C12H11FN2O4S. The van der Waals surface area contributed by atoms with Crippen LogP contribution in [0.3, 0.4) is 0 Å². The first-order valence-electron chi connectivity index (χ1n) is 5.38. The van der Waals surface area contributed by atoms with E-state index in [1.54, 1.807) is 6.07 Å². The summed E-state index contributed by atoms with van der Waals surface area (Å²) >= 11 is 0. The maximum absolute atomic E-state index is 13.6. The van der Waals surface area contributed by atoms with Crippen molar-refractivity contribution in [1.82, 2.24) is 0 Å². The number of sulfonamides is 1. The Morgan fingerprint density at radius 3 is 2.70 bits per heavy atom.